The van der Waals surface area contributed by atoms with E-state index in [1.807, 2.05) is 25.1 Å². The van der Waals surface area contributed by atoms with E-state index >= 15 is 0 Å². The molecule has 0 saturated heterocycles. The van der Waals surface area contributed by atoms with Crippen LogP contribution in [0.4, 0.5) is 0 Å². The summed E-state index contributed by atoms with van der Waals surface area (Å²) in [5.74, 6) is -0.308. The van der Waals surface area contributed by atoms with Gasteiger partial charge in [-0.05, 0) is 13.0 Å². The first-order valence-corrected chi connectivity index (χ1v) is 7.52. The molecular weight excluding hydrogens is 316 g/mol. The molecule has 1 aromatic carbocycles. The number of hydrogen-bond acceptors (Lipinski definition) is 3. The molecule has 0 aliphatic carbocycles. The van der Waals surface area contributed by atoms with E-state index in [1.54, 1.807) is 29.9 Å². The fourth-order valence-corrected chi connectivity index (χ4v) is 2.64. The number of carbonyl (C=O) groups excluding carboxylic acids is 1. The zero-order valence-corrected chi connectivity index (χ0v) is 13.5. The molecule has 0 saturated carbocycles. The van der Waals surface area contributed by atoms with E-state index in [0.29, 0.717) is 17.3 Å². The fourth-order valence-electron chi connectivity index (χ4n) is 2.41. The van der Waals surface area contributed by atoms with Gasteiger partial charge in [0.25, 0.3) is 11.5 Å². The highest BCUT2D eigenvalue weighted by atomic mass is 35.5. The zero-order valence-electron chi connectivity index (χ0n) is 12.7. The standard InChI is InChI=1S/C16H15ClN4O2/c1-3-18-15(22)12-8-21-9-13(10-6-4-5-7-11(10)17)20(2)16(23)14(21)19-12/h4-9H,3H2,1-2H3,(H,18,22). The van der Waals surface area contributed by atoms with Crippen molar-refractivity contribution in [1.29, 1.82) is 0 Å². The van der Waals surface area contributed by atoms with Gasteiger partial charge in [-0.3, -0.25) is 14.0 Å². The molecule has 3 rings (SSSR count). The number of amides is 1. The lowest BCUT2D eigenvalue weighted by Gasteiger charge is -2.10. The molecule has 3 aromatic rings. The van der Waals surface area contributed by atoms with Gasteiger partial charge in [-0.15, -0.1) is 0 Å². The smallest absolute Gasteiger partial charge is 0.294 e. The van der Waals surface area contributed by atoms with E-state index in [4.69, 9.17) is 11.6 Å². The largest absolute Gasteiger partial charge is 0.351 e. The number of hydrogen-bond donors (Lipinski definition) is 1. The summed E-state index contributed by atoms with van der Waals surface area (Å²) >= 11 is 6.23. The van der Waals surface area contributed by atoms with Crippen LogP contribution in [0.15, 0.2) is 41.5 Å². The van der Waals surface area contributed by atoms with Crippen LogP contribution < -0.4 is 10.9 Å². The molecule has 1 amide bonds. The number of aromatic nitrogens is 3. The van der Waals surface area contributed by atoms with Crippen LogP contribution in [0.3, 0.4) is 0 Å². The van der Waals surface area contributed by atoms with Crippen molar-refractivity contribution < 1.29 is 4.79 Å². The van der Waals surface area contributed by atoms with Gasteiger partial charge < -0.3 is 9.88 Å². The summed E-state index contributed by atoms with van der Waals surface area (Å²) in [6.45, 7) is 2.32. The number of benzene rings is 1. The van der Waals surface area contributed by atoms with Gasteiger partial charge in [-0.2, -0.15) is 0 Å². The lowest BCUT2D eigenvalue weighted by Crippen LogP contribution is -2.23. The van der Waals surface area contributed by atoms with Crippen LogP contribution in [0, 0.1) is 0 Å². The van der Waals surface area contributed by atoms with Crippen LogP contribution in [0.1, 0.15) is 17.4 Å². The first-order chi connectivity index (χ1) is 11.0. The van der Waals surface area contributed by atoms with Crippen LogP contribution in [-0.2, 0) is 7.05 Å². The summed E-state index contributed by atoms with van der Waals surface area (Å²) in [5.41, 5.74) is 1.50. The summed E-state index contributed by atoms with van der Waals surface area (Å²) in [6.07, 6.45) is 3.29. The van der Waals surface area contributed by atoms with E-state index in [1.165, 1.54) is 4.57 Å². The molecule has 1 N–H and O–H groups in total. The van der Waals surface area contributed by atoms with Crippen molar-refractivity contribution in [3.63, 3.8) is 0 Å². The normalized spacial score (nSPS) is 10.9. The number of fused-ring (bicyclic) bond motifs is 1. The topological polar surface area (TPSA) is 68.4 Å². The highest BCUT2D eigenvalue weighted by molar-refractivity contribution is 6.33. The molecule has 2 heterocycles. The molecule has 0 spiro atoms. The van der Waals surface area contributed by atoms with Gasteiger partial charge in [0.15, 0.2) is 0 Å². The highest BCUT2D eigenvalue weighted by Gasteiger charge is 2.16. The fraction of sp³-hybridized carbons (Fsp3) is 0.188. The van der Waals surface area contributed by atoms with Gasteiger partial charge in [0, 0.05) is 36.6 Å². The van der Waals surface area contributed by atoms with Gasteiger partial charge in [0.2, 0.25) is 5.65 Å². The Morgan fingerprint density at radius 3 is 2.74 bits per heavy atom. The number of nitrogens with zero attached hydrogens (tertiary/aromatic N) is 3. The van der Waals surface area contributed by atoms with Gasteiger partial charge in [0.05, 0.1) is 5.69 Å². The molecule has 0 atom stereocenters. The van der Waals surface area contributed by atoms with Gasteiger partial charge in [-0.25, -0.2) is 4.98 Å². The van der Waals surface area contributed by atoms with E-state index in [0.717, 1.165) is 5.56 Å². The second-order valence-electron chi connectivity index (χ2n) is 5.07. The van der Waals surface area contributed by atoms with E-state index < -0.39 is 0 Å². The molecule has 23 heavy (non-hydrogen) atoms. The maximum absolute atomic E-state index is 12.5. The second kappa shape index (κ2) is 5.89. The number of halogens is 1. The van der Waals surface area contributed by atoms with E-state index in [-0.39, 0.29) is 22.8 Å². The Labute approximate surface area is 137 Å². The average Bonchev–Trinajstić information content (AvgIpc) is 2.96. The lowest BCUT2D eigenvalue weighted by molar-refractivity contribution is 0.0951. The summed E-state index contributed by atoms with van der Waals surface area (Å²) in [5, 5.41) is 3.21. The number of rotatable bonds is 3. The summed E-state index contributed by atoms with van der Waals surface area (Å²) in [7, 11) is 1.65. The maximum Gasteiger partial charge on any atom is 0.294 e. The van der Waals surface area contributed by atoms with Crippen molar-refractivity contribution in [2.24, 2.45) is 7.05 Å². The van der Waals surface area contributed by atoms with E-state index in [9.17, 15) is 9.59 Å². The highest BCUT2D eigenvalue weighted by Crippen LogP contribution is 2.26. The predicted molar refractivity (Wildman–Crippen MR) is 88.9 cm³/mol. The molecule has 0 aliphatic heterocycles. The number of imidazole rings is 1. The Bertz CT molecular complexity index is 958. The molecule has 2 aromatic heterocycles. The van der Waals surface area contributed by atoms with Crippen molar-refractivity contribution in [2.75, 3.05) is 6.54 Å². The van der Waals surface area contributed by atoms with Crippen LogP contribution in [0.25, 0.3) is 16.9 Å². The van der Waals surface area contributed by atoms with Crippen LogP contribution >= 0.6 is 11.6 Å². The van der Waals surface area contributed by atoms with Gasteiger partial charge in [-0.1, -0.05) is 29.8 Å². The van der Waals surface area contributed by atoms with Gasteiger partial charge >= 0.3 is 0 Å². The molecular formula is C16H15ClN4O2. The minimum Gasteiger partial charge on any atom is -0.351 e. The summed E-state index contributed by atoms with van der Waals surface area (Å²) < 4.78 is 3.04. The predicted octanol–water partition coefficient (Wildman–Crippen LogP) is 2.10. The maximum atomic E-state index is 12.5. The van der Waals surface area contributed by atoms with Crippen molar-refractivity contribution in [3.05, 3.63) is 57.7 Å². The van der Waals surface area contributed by atoms with Crippen molar-refractivity contribution in [2.45, 2.75) is 6.92 Å². The Morgan fingerprint density at radius 2 is 2.04 bits per heavy atom. The minimum absolute atomic E-state index is 0.199. The number of carbonyl (C=O) groups is 1. The van der Waals surface area contributed by atoms with Gasteiger partial charge in [0.1, 0.15) is 5.69 Å². The molecule has 0 radical (unpaired) electrons. The van der Waals surface area contributed by atoms with Crippen molar-refractivity contribution >= 4 is 23.2 Å². The Hall–Kier alpha value is -2.60. The lowest BCUT2D eigenvalue weighted by atomic mass is 10.1. The molecule has 0 fully saturated rings. The van der Waals surface area contributed by atoms with E-state index in [2.05, 4.69) is 10.3 Å². The van der Waals surface area contributed by atoms with Crippen molar-refractivity contribution in [3.8, 4) is 11.3 Å². The quantitative estimate of drug-likeness (QED) is 0.799. The third kappa shape index (κ3) is 2.61. The molecule has 0 unspecified atom stereocenters. The van der Waals surface area contributed by atoms with Crippen LogP contribution in [0.5, 0.6) is 0 Å². The first-order valence-electron chi connectivity index (χ1n) is 7.14. The first kappa shape index (κ1) is 15.3. The SMILES string of the molecule is CCNC(=O)c1cn2cc(-c3ccccc3Cl)n(C)c(=O)c2n1. The zero-order chi connectivity index (χ0) is 16.6. The Morgan fingerprint density at radius 1 is 1.30 bits per heavy atom. The molecule has 6 nitrogen and oxygen atoms in total. The molecule has 0 bridgehead atoms. The molecule has 7 heteroatoms. The second-order valence-corrected chi connectivity index (χ2v) is 5.48. The number of nitrogens with one attached hydrogen (secondary N) is 1. The van der Waals surface area contributed by atoms with Crippen molar-refractivity contribution in [1.82, 2.24) is 19.3 Å². The third-order valence-electron chi connectivity index (χ3n) is 3.57. The average molecular weight is 331 g/mol. The molecule has 118 valence electrons. The monoisotopic (exact) mass is 330 g/mol. The Kier molecular flexibility index (Phi) is 3.92. The summed E-state index contributed by atoms with van der Waals surface area (Å²) in [6, 6.07) is 7.28. The van der Waals surface area contributed by atoms with Crippen LogP contribution in [-0.4, -0.2) is 26.4 Å². The Balaban J connectivity index is 2.23. The minimum atomic E-state index is -0.308. The third-order valence-corrected chi connectivity index (χ3v) is 3.90. The van der Waals surface area contributed by atoms with Crippen LogP contribution in [0.2, 0.25) is 5.02 Å². The molecule has 0 aliphatic rings. The summed E-state index contributed by atoms with van der Waals surface area (Å²) in [4.78, 5) is 28.6.